The lowest BCUT2D eigenvalue weighted by Gasteiger charge is -2.31. The van der Waals surface area contributed by atoms with Crippen LogP contribution in [-0.2, 0) is 6.42 Å². The number of benzene rings is 1. The summed E-state index contributed by atoms with van der Waals surface area (Å²) >= 11 is 0. The number of hydrogen-bond donors (Lipinski definition) is 2. The molecular formula is C19H23N5O2. The zero-order chi connectivity index (χ0) is 17.9. The van der Waals surface area contributed by atoms with E-state index in [2.05, 4.69) is 25.2 Å². The van der Waals surface area contributed by atoms with Crippen molar-refractivity contribution in [3.63, 3.8) is 0 Å². The first-order valence-electron chi connectivity index (χ1n) is 9.08. The van der Waals surface area contributed by atoms with Crippen LogP contribution in [0.5, 0.6) is 0 Å². The van der Waals surface area contributed by atoms with Crippen molar-refractivity contribution < 1.29 is 4.42 Å². The largest absolute Gasteiger partial charge is 0.423 e. The first kappa shape index (κ1) is 16.8. The molecule has 26 heavy (non-hydrogen) atoms. The maximum Gasteiger partial charge on any atom is 0.298 e. The Balaban J connectivity index is 1.27. The van der Waals surface area contributed by atoms with E-state index in [-0.39, 0.29) is 5.56 Å². The number of aromatic nitrogens is 3. The van der Waals surface area contributed by atoms with Gasteiger partial charge in [0.25, 0.3) is 11.6 Å². The SMILES string of the molecule is Cc1cc(=O)[nH]c(CCNC2CCN(c3nc4ccccc4o3)CC2)n1. The van der Waals surface area contributed by atoms with Crippen LogP contribution in [0, 0.1) is 6.92 Å². The molecule has 0 saturated carbocycles. The summed E-state index contributed by atoms with van der Waals surface area (Å²) in [5.41, 5.74) is 2.42. The molecule has 2 aromatic heterocycles. The zero-order valence-electron chi connectivity index (χ0n) is 14.9. The van der Waals surface area contributed by atoms with Crippen molar-refractivity contribution in [2.75, 3.05) is 24.5 Å². The fourth-order valence-electron chi connectivity index (χ4n) is 3.42. The number of nitrogens with one attached hydrogen (secondary N) is 2. The number of nitrogens with zero attached hydrogens (tertiary/aromatic N) is 3. The third-order valence-electron chi connectivity index (χ3n) is 4.76. The second kappa shape index (κ2) is 7.29. The molecule has 0 unspecified atom stereocenters. The van der Waals surface area contributed by atoms with Gasteiger partial charge < -0.3 is 19.6 Å². The third-order valence-corrected chi connectivity index (χ3v) is 4.76. The second-order valence-corrected chi connectivity index (χ2v) is 6.76. The van der Waals surface area contributed by atoms with E-state index in [1.807, 2.05) is 31.2 Å². The van der Waals surface area contributed by atoms with Crippen molar-refractivity contribution in [1.82, 2.24) is 20.3 Å². The van der Waals surface area contributed by atoms with Crippen molar-refractivity contribution >= 4 is 17.1 Å². The summed E-state index contributed by atoms with van der Waals surface area (Å²) in [6.07, 6.45) is 2.80. The summed E-state index contributed by atoms with van der Waals surface area (Å²) < 4.78 is 5.86. The molecule has 7 nitrogen and oxygen atoms in total. The van der Waals surface area contributed by atoms with Gasteiger partial charge in [0, 0.05) is 43.9 Å². The van der Waals surface area contributed by atoms with Gasteiger partial charge in [0.2, 0.25) is 0 Å². The number of rotatable bonds is 5. The molecule has 1 aliphatic rings. The lowest BCUT2D eigenvalue weighted by Crippen LogP contribution is -2.43. The summed E-state index contributed by atoms with van der Waals surface area (Å²) in [5.74, 6) is 0.742. The van der Waals surface area contributed by atoms with E-state index in [1.165, 1.54) is 6.07 Å². The molecule has 1 aliphatic heterocycles. The number of aryl methyl sites for hydroxylation is 1. The fourth-order valence-corrected chi connectivity index (χ4v) is 3.42. The van der Waals surface area contributed by atoms with Crippen LogP contribution in [0.2, 0.25) is 0 Å². The second-order valence-electron chi connectivity index (χ2n) is 6.76. The Morgan fingerprint density at radius 2 is 2.08 bits per heavy atom. The van der Waals surface area contributed by atoms with Gasteiger partial charge in [-0.05, 0) is 31.9 Å². The van der Waals surface area contributed by atoms with Crippen LogP contribution in [0.4, 0.5) is 6.01 Å². The molecule has 3 heterocycles. The molecule has 3 aromatic rings. The van der Waals surface area contributed by atoms with E-state index in [1.54, 1.807) is 0 Å². The summed E-state index contributed by atoms with van der Waals surface area (Å²) in [6, 6.07) is 10.5. The Kier molecular flexibility index (Phi) is 4.71. The van der Waals surface area contributed by atoms with E-state index >= 15 is 0 Å². The van der Waals surface area contributed by atoms with Crippen LogP contribution in [0.15, 0.2) is 39.5 Å². The van der Waals surface area contributed by atoms with E-state index in [4.69, 9.17) is 4.42 Å². The van der Waals surface area contributed by atoms with Crippen molar-refractivity contribution in [2.24, 2.45) is 0 Å². The first-order valence-corrected chi connectivity index (χ1v) is 9.08. The van der Waals surface area contributed by atoms with E-state index in [0.29, 0.717) is 12.1 Å². The van der Waals surface area contributed by atoms with Gasteiger partial charge >= 0.3 is 0 Å². The number of piperidine rings is 1. The van der Waals surface area contributed by atoms with Crippen LogP contribution in [-0.4, -0.2) is 40.6 Å². The number of aromatic amines is 1. The highest BCUT2D eigenvalue weighted by Crippen LogP contribution is 2.24. The Bertz CT molecular complexity index is 907. The van der Waals surface area contributed by atoms with E-state index < -0.39 is 0 Å². The van der Waals surface area contributed by atoms with Gasteiger partial charge in [0.15, 0.2) is 5.58 Å². The monoisotopic (exact) mass is 353 g/mol. The zero-order valence-corrected chi connectivity index (χ0v) is 14.9. The molecule has 0 bridgehead atoms. The van der Waals surface area contributed by atoms with Crippen molar-refractivity contribution in [3.8, 4) is 0 Å². The van der Waals surface area contributed by atoms with Crippen LogP contribution in [0.1, 0.15) is 24.4 Å². The quantitative estimate of drug-likeness (QED) is 0.730. The highest BCUT2D eigenvalue weighted by atomic mass is 16.4. The van der Waals surface area contributed by atoms with Crippen molar-refractivity contribution in [2.45, 2.75) is 32.2 Å². The molecule has 136 valence electrons. The Morgan fingerprint density at radius 3 is 2.85 bits per heavy atom. The number of H-pyrrole nitrogens is 1. The minimum Gasteiger partial charge on any atom is -0.423 e. The first-order chi connectivity index (χ1) is 12.7. The maximum atomic E-state index is 11.5. The summed E-state index contributed by atoms with van der Waals surface area (Å²) in [5, 5.41) is 3.57. The molecule has 2 N–H and O–H groups in total. The van der Waals surface area contributed by atoms with E-state index in [9.17, 15) is 4.79 Å². The number of para-hydroxylation sites is 2. The molecule has 0 spiro atoms. The minimum absolute atomic E-state index is 0.0841. The lowest BCUT2D eigenvalue weighted by molar-refractivity contribution is 0.402. The van der Waals surface area contributed by atoms with Gasteiger partial charge in [-0.3, -0.25) is 4.79 Å². The Labute approximate surface area is 151 Å². The van der Waals surface area contributed by atoms with Crippen molar-refractivity contribution in [1.29, 1.82) is 0 Å². The smallest absolute Gasteiger partial charge is 0.298 e. The van der Waals surface area contributed by atoms with Gasteiger partial charge in [0.1, 0.15) is 11.3 Å². The predicted octanol–water partition coefficient (Wildman–Crippen LogP) is 2.02. The average Bonchev–Trinajstić information content (AvgIpc) is 3.06. The molecule has 0 aliphatic carbocycles. The summed E-state index contributed by atoms with van der Waals surface area (Å²) in [4.78, 5) is 25.4. The lowest BCUT2D eigenvalue weighted by atomic mass is 10.1. The number of fused-ring (bicyclic) bond motifs is 1. The van der Waals surface area contributed by atoms with Gasteiger partial charge in [-0.15, -0.1) is 0 Å². The number of anilines is 1. The molecule has 0 radical (unpaired) electrons. The molecule has 1 aromatic carbocycles. The average molecular weight is 353 g/mol. The maximum absolute atomic E-state index is 11.5. The Morgan fingerprint density at radius 1 is 1.27 bits per heavy atom. The number of oxazole rings is 1. The van der Waals surface area contributed by atoms with E-state index in [0.717, 1.165) is 61.5 Å². The van der Waals surface area contributed by atoms with Crippen LogP contribution >= 0.6 is 0 Å². The predicted molar refractivity (Wildman–Crippen MR) is 101 cm³/mol. The summed E-state index contributed by atoms with van der Waals surface area (Å²) in [6.45, 7) is 4.49. The van der Waals surface area contributed by atoms with Crippen molar-refractivity contribution in [3.05, 3.63) is 52.2 Å². The molecule has 1 saturated heterocycles. The highest BCUT2D eigenvalue weighted by molar-refractivity contribution is 5.74. The summed E-state index contributed by atoms with van der Waals surface area (Å²) in [7, 11) is 0. The van der Waals surface area contributed by atoms with Crippen LogP contribution < -0.4 is 15.8 Å². The molecular weight excluding hydrogens is 330 g/mol. The third kappa shape index (κ3) is 3.77. The van der Waals surface area contributed by atoms with Gasteiger partial charge in [-0.25, -0.2) is 4.98 Å². The van der Waals surface area contributed by atoms with Gasteiger partial charge in [-0.2, -0.15) is 4.98 Å². The standard InChI is InChI=1S/C19H23N5O2/c1-13-12-18(25)23-17(21-13)6-9-20-14-7-10-24(11-8-14)19-22-15-4-2-3-5-16(15)26-19/h2-5,12,14,20H,6-11H2,1H3,(H,21,23,25). The molecule has 0 atom stereocenters. The van der Waals surface area contributed by atoms with Gasteiger partial charge in [-0.1, -0.05) is 12.1 Å². The molecule has 0 amide bonds. The topological polar surface area (TPSA) is 87.0 Å². The van der Waals surface area contributed by atoms with Crippen LogP contribution in [0.3, 0.4) is 0 Å². The number of hydrogen-bond acceptors (Lipinski definition) is 6. The Hall–Kier alpha value is -2.67. The van der Waals surface area contributed by atoms with Gasteiger partial charge in [0.05, 0.1) is 0 Å². The molecule has 7 heteroatoms. The highest BCUT2D eigenvalue weighted by Gasteiger charge is 2.22. The molecule has 4 rings (SSSR count). The fraction of sp³-hybridized carbons (Fsp3) is 0.421. The van der Waals surface area contributed by atoms with Crippen LogP contribution in [0.25, 0.3) is 11.1 Å². The minimum atomic E-state index is -0.0841. The normalized spacial score (nSPS) is 15.7. The molecule has 1 fully saturated rings.